The van der Waals surface area contributed by atoms with Gasteiger partial charge >= 0.3 is 0 Å². The maximum absolute atomic E-state index is 11.5. The lowest BCUT2D eigenvalue weighted by molar-refractivity contribution is -0.115. The number of thioether (sulfide) groups is 1. The van der Waals surface area contributed by atoms with Crippen LogP contribution in [0.4, 0.5) is 5.69 Å². The minimum absolute atomic E-state index is 0.119. The van der Waals surface area contributed by atoms with Crippen molar-refractivity contribution in [1.29, 1.82) is 0 Å². The van der Waals surface area contributed by atoms with E-state index in [1.807, 2.05) is 0 Å². The first-order valence-corrected chi connectivity index (χ1v) is 5.82. The molecule has 17 heavy (non-hydrogen) atoms. The Morgan fingerprint density at radius 2 is 2.12 bits per heavy atom. The maximum atomic E-state index is 11.5. The summed E-state index contributed by atoms with van der Waals surface area (Å²) in [6.45, 7) is 1.80. The third-order valence-corrected chi connectivity index (χ3v) is 3.57. The standard InChI is InChI=1S/C11H10N2O3S/c1-5-11(16)13-7-4-6(9(14)10(12)15)2-3-8(7)17-5/h2-5H,1H3,(H2,12,15)(H,13,16). The Labute approximate surface area is 102 Å². The van der Waals surface area contributed by atoms with Gasteiger partial charge in [-0.1, -0.05) is 0 Å². The minimum atomic E-state index is -1.01. The van der Waals surface area contributed by atoms with Crippen LogP contribution in [0.2, 0.25) is 0 Å². The van der Waals surface area contributed by atoms with Crippen LogP contribution in [-0.4, -0.2) is 22.8 Å². The molecule has 0 aromatic heterocycles. The van der Waals surface area contributed by atoms with Crippen molar-refractivity contribution >= 4 is 35.0 Å². The summed E-state index contributed by atoms with van der Waals surface area (Å²) in [6.07, 6.45) is 0. The molecule has 0 radical (unpaired) electrons. The molecule has 1 aromatic carbocycles. The third-order valence-electron chi connectivity index (χ3n) is 2.40. The number of carbonyl (C=O) groups excluding carboxylic acids is 3. The second-order valence-corrected chi connectivity index (χ2v) is 5.04. The van der Waals surface area contributed by atoms with Crippen LogP contribution in [0.15, 0.2) is 23.1 Å². The molecule has 2 amide bonds. The van der Waals surface area contributed by atoms with Crippen molar-refractivity contribution in [3.05, 3.63) is 23.8 Å². The smallest absolute Gasteiger partial charge is 0.289 e. The summed E-state index contributed by atoms with van der Waals surface area (Å²) >= 11 is 1.41. The van der Waals surface area contributed by atoms with E-state index in [4.69, 9.17) is 5.73 Å². The number of hydrogen-bond acceptors (Lipinski definition) is 4. The number of fused-ring (bicyclic) bond motifs is 1. The number of benzene rings is 1. The van der Waals surface area contributed by atoms with E-state index in [-0.39, 0.29) is 16.7 Å². The van der Waals surface area contributed by atoms with Crippen LogP contribution in [0.1, 0.15) is 17.3 Å². The van der Waals surface area contributed by atoms with Gasteiger partial charge < -0.3 is 11.1 Å². The highest BCUT2D eigenvalue weighted by molar-refractivity contribution is 8.00. The monoisotopic (exact) mass is 250 g/mol. The molecule has 0 bridgehead atoms. The lowest BCUT2D eigenvalue weighted by Crippen LogP contribution is -2.27. The predicted molar refractivity (Wildman–Crippen MR) is 63.9 cm³/mol. The fraction of sp³-hybridized carbons (Fsp3) is 0.182. The molecule has 1 aromatic rings. The molecule has 3 N–H and O–H groups in total. The Kier molecular flexibility index (Phi) is 2.89. The van der Waals surface area contributed by atoms with E-state index in [0.717, 1.165) is 4.90 Å². The number of Topliss-reactive ketones (excluding diaryl/α,β-unsaturated/α-hetero) is 1. The third kappa shape index (κ3) is 2.16. The quantitative estimate of drug-likeness (QED) is 0.599. The number of hydrogen-bond donors (Lipinski definition) is 2. The van der Waals surface area contributed by atoms with Gasteiger partial charge in [-0.25, -0.2) is 0 Å². The highest BCUT2D eigenvalue weighted by Gasteiger charge is 2.24. The Morgan fingerprint density at radius 3 is 2.76 bits per heavy atom. The fourth-order valence-electron chi connectivity index (χ4n) is 1.49. The average Bonchev–Trinajstić information content (AvgIpc) is 2.29. The molecule has 0 saturated heterocycles. The van der Waals surface area contributed by atoms with E-state index in [9.17, 15) is 14.4 Å². The number of carbonyl (C=O) groups is 3. The molecule has 0 aliphatic carbocycles. The maximum Gasteiger partial charge on any atom is 0.289 e. The van der Waals surface area contributed by atoms with Gasteiger partial charge in [-0.05, 0) is 25.1 Å². The topological polar surface area (TPSA) is 89.3 Å². The zero-order valence-corrected chi connectivity index (χ0v) is 9.84. The van der Waals surface area contributed by atoms with Crippen molar-refractivity contribution in [3.63, 3.8) is 0 Å². The van der Waals surface area contributed by atoms with Crippen LogP contribution in [0, 0.1) is 0 Å². The van der Waals surface area contributed by atoms with Crippen molar-refractivity contribution < 1.29 is 14.4 Å². The summed E-state index contributed by atoms with van der Waals surface area (Å²) in [5.74, 6) is -1.88. The molecule has 1 atom stereocenters. The number of anilines is 1. The van der Waals surface area contributed by atoms with E-state index in [2.05, 4.69) is 5.32 Å². The number of nitrogens with two attached hydrogens (primary N) is 1. The summed E-state index contributed by atoms with van der Waals surface area (Å²) in [6, 6.07) is 4.70. The highest BCUT2D eigenvalue weighted by atomic mass is 32.2. The minimum Gasteiger partial charge on any atom is -0.363 e. The van der Waals surface area contributed by atoms with Crippen LogP contribution < -0.4 is 11.1 Å². The lowest BCUT2D eigenvalue weighted by atomic mass is 10.1. The number of rotatable bonds is 2. The Hall–Kier alpha value is -1.82. The molecule has 0 saturated carbocycles. The van der Waals surface area contributed by atoms with Crippen molar-refractivity contribution in [2.45, 2.75) is 17.1 Å². The van der Waals surface area contributed by atoms with Gasteiger partial charge in [0.05, 0.1) is 10.9 Å². The van der Waals surface area contributed by atoms with Gasteiger partial charge in [-0.3, -0.25) is 14.4 Å². The van der Waals surface area contributed by atoms with Crippen molar-refractivity contribution in [3.8, 4) is 0 Å². The molecular weight excluding hydrogens is 240 g/mol. The predicted octanol–water partition coefficient (Wildman–Crippen LogP) is 0.787. The molecule has 88 valence electrons. The second-order valence-electron chi connectivity index (χ2n) is 3.65. The van der Waals surface area contributed by atoms with Crippen molar-refractivity contribution in [1.82, 2.24) is 0 Å². The van der Waals surface area contributed by atoms with Crippen molar-refractivity contribution in [2.24, 2.45) is 5.73 Å². The highest BCUT2D eigenvalue weighted by Crippen LogP contribution is 2.35. The molecule has 0 spiro atoms. The molecule has 5 nitrogen and oxygen atoms in total. The molecular formula is C11H10N2O3S. The van der Waals surface area contributed by atoms with Gasteiger partial charge in [0.25, 0.3) is 5.91 Å². The first-order valence-electron chi connectivity index (χ1n) is 4.94. The van der Waals surface area contributed by atoms with Gasteiger partial charge in [0, 0.05) is 10.5 Å². The largest absolute Gasteiger partial charge is 0.363 e. The normalized spacial score (nSPS) is 18.2. The van der Waals surface area contributed by atoms with Crippen LogP contribution in [0.25, 0.3) is 0 Å². The van der Waals surface area contributed by atoms with Crippen LogP contribution >= 0.6 is 11.8 Å². The Bertz CT molecular complexity index is 527. The van der Waals surface area contributed by atoms with Gasteiger partial charge in [-0.15, -0.1) is 11.8 Å². The summed E-state index contributed by atoms with van der Waals surface area (Å²) in [5.41, 5.74) is 5.65. The second kappa shape index (κ2) is 4.21. The van der Waals surface area contributed by atoms with E-state index in [1.54, 1.807) is 13.0 Å². The zero-order valence-electron chi connectivity index (χ0n) is 9.02. The van der Waals surface area contributed by atoms with Crippen LogP contribution in [-0.2, 0) is 9.59 Å². The SMILES string of the molecule is CC1Sc2ccc(C(=O)C(N)=O)cc2NC1=O. The van der Waals surface area contributed by atoms with Crippen LogP contribution in [0.3, 0.4) is 0 Å². The average molecular weight is 250 g/mol. The number of nitrogens with one attached hydrogen (secondary N) is 1. The first kappa shape index (κ1) is 11.7. The molecule has 1 heterocycles. The fourth-order valence-corrected chi connectivity index (χ4v) is 2.42. The first-order chi connectivity index (χ1) is 7.99. The molecule has 1 aliphatic heterocycles. The van der Waals surface area contributed by atoms with Gasteiger partial charge in [-0.2, -0.15) is 0 Å². The summed E-state index contributed by atoms with van der Waals surface area (Å²) in [7, 11) is 0. The molecule has 1 aliphatic rings. The Morgan fingerprint density at radius 1 is 1.41 bits per heavy atom. The molecule has 1 unspecified atom stereocenters. The number of primary amides is 1. The van der Waals surface area contributed by atoms with Crippen LogP contribution in [0.5, 0.6) is 0 Å². The molecule has 0 fully saturated rings. The summed E-state index contributed by atoms with van der Waals surface area (Å²) < 4.78 is 0. The zero-order chi connectivity index (χ0) is 12.6. The number of amides is 2. The summed E-state index contributed by atoms with van der Waals surface area (Å²) in [4.78, 5) is 34.5. The Balaban J connectivity index is 2.38. The van der Waals surface area contributed by atoms with E-state index < -0.39 is 11.7 Å². The van der Waals surface area contributed by atoms with Gasteiger partial charge in [0.1, 0.15) is 0 Å². The number of ketones is 1. The molecule has 6 heteroatoms. The molecule has 2 rings (SSSR count). The van der Waals surface area contributed by atoms with Gasteiger partial charge in [0.2, 0.25) is 11.7 Å². The van der Waals surface area contributed by atoms with E-state index >= 15 is 0 Å². The van der Waals surface area contributed by atoms with E-state index in [1.165, 1.54) is 23.9 Å². The summed E-state index contributed by atoms with van der Waals surface area (Å²) in [5, 5.41) is 2.51. The van der Waals surface area contributed by atoms with E-state index in [0.29, 0.717) is 5.69 Å². The van der Waals surface area contributed by atoms with Crippen molar-refractivity contribution in [2.75, 3.05) is 5.32 Å². The lowest BCUT2D eigenvalue weighted by Gasteiger charge is -2.21. The van der Waals surface area contributed by atoms with Gasteiger partial charge in [0.15, 0.2) is 0 Å².